The first-order valence-electron chi connectivity index (χ1n) is 6.31. The minimum absolute atomic E-state index is 0.000506. The molecule has 1 heterocycles. The predicted molar refractivity (Wildman–Crippen MR) is 75.4 cm³/mol. The average Bonchev–Trinajstić information content (AvgIpc) is 2.98. The zero-order valence-electron chi connectivity index (χ0n) is 10.4. The third kappa shape index (κ3) is 2.27. The Morgan fingerprint density at radius 3 is 2.32 bits per heavy atom. The summed E-state index contributed by atoms with van der Waals surface area (Å²) in [5, 5.41) is 4.19. The highest BCUT2D eigenvalue weighted by molar-refractivity contribution is 6.48. The van der Waals surface area contributed by atoms with Crippen molar-refractivity contribution >= 4 is 11.5 Å². The number of carbonyl (C=O) groups excluding carboxylic acids is 1. The Labute approximate surface area is 112 Å². The Morgan fingerprint density at radius 1 is 1.00 bits per heavy atom. The van der Waals surface area contributed by atoms with E-state index in [1.54, 1.807) is 0 Å². The number of rotatable bonds is 3. The lowest BCUT2D eigenvalue weighted by Gasteiger charge is -2.11. The lowest BCUT2D eigenvalue weighted by atomic mass is 9.90. The van der Waals surface area contributed by atoms with Gasteiger partial charge in [0.1, 0.15) is 5.71 Å². The number of hydrazone groups is 1. The molecule has 3 nitrogen and oxygen atoms in total. The van der Waals surface area contributed by atoms with Gasteiger partial charge in [0.05, 0.1) is 5.92 Å². The molecular formula is C16H14N2O. The summed E-state index contributed by atoms with van der Waals surface area (Å²) in [6, 6.07) is 19.3. The van der Waals surface area contributed by atoms with Gasteiger partial charge in [-0.05, 0) is 5.56 Å². The molecule has 3 heteroatoms. The van der Waals surface area contributed by atoms with Crippen molar-refractivity contribution in [2.45, 2.75) is 5.92 Å². The van der Waals surface area contributed by atoms with E-state index in [1.165, 1.54) is 0 Å². The van der Waals surface area contributed by atoms with Crippen molar-refractivity contribution in [2.24, 2.45) is 5.10 Å². The molecule has 0 aromatic heterocycles. The van der Waals surface area contributed by atoms with Crippen LogP contribution in [-0.2, 0) is 0 Å². The van der Waals surface area contributed by atoms with Crippen LogP contribution in [0.1, 0.15) is 21.8 Å². The fraction of sp³-hybridized carbons (Fsp3) is 0.125. The van der Waals surface area contributed by atoms with E-state index in [2.05, 4.69) is 10.5 Å². The van der Waals surface area contributed by atoms with Gasteiger partial charge in [0.15, 0.2) is 0 Å². The highest BCUT2D eigenvalue weighted by atomic mass is 16.1. The smallest absolute Gasteiger partial charge is 0.209 e. The highest BCUT2D eigenvalue weighted by Crippen LogP contribution is 2.22. The molecule has 1 N–H and O–H groups in total. The van der Waals surface area contributed by atoms with Crippen molar-refractivity contribution < 1.29 is 4.79 Å². The summed E-state index contributed by atoms with van der Waals surface area (Å²) >= 11 is 0. The van der Waals surface area contributed by atoms with E-state index in [4.69, 9.17) is 0 Å². The van der Waals surface area contributed by atoms with E-state index in [1.807, 2.05) is 60.7 Å². The second-order valence-corrected chi connectivity index (χ2v) is 4.52. The maximum Gasteiger partial charge on any atom is 0.209 e. The fourth-order valence-corrected chi connectivity index (χ4v) is 2.30. The average molecular weight is 250 g/mol. The SMILES string of the molecule is O=C(C1=NNC[C@H]1c1ccccc1)c1ccccc1. The van der Waals surface area contributed by atoms with Gasteiger partial charge in [-0.25, -0.2) is 0 Å². The van der Waals surface area contributed by atoms with E-state index in [-0.39, 0.29) is 11.7 Å². The monoisotopic (exact) mass is 250 g/mol. The Morgan fingerprint density at radius 2 is 1.63 bits per heavy atom. The second kappa shape index (κ2) is 5.06. The van der Waals surface area contributed by atoms with Crippen LogP contribution in [0.4, 0.5) is 0 Å². The Kier molecular flexibility index (Phi) is 3.11. The zero-order chi connectivity index (χ0) is 13.1. The van der Waals surface area contributed by atoms with Gasteiger partial charge in [-0.15, -0.1) is 0 Å². The van der Waals surface area contributed by atoms with Crippen molar-refractivity contribution in [3.8, 4) is 0 Å². The highest BCUT2D eigenvalue weighted by Gasteiger charge is 2.29. The molecule has 19 heavy (non-hydrogen) atoms. The van der Waals surface area contributed by atoms with Crippen LogP contribution in [0, 0.1) is 0 Å². The van der Waals surface area contributed by atoms with E-state index < -0.39 is 0 Å². The number of nitrogens with zero attached hydrogens (tertiary/aromatic N) is 1. The summed E-state index contributed by atoms with van der Waals surface area (Å²) in [6.45, 7) is 0.678. The molecule has 0 unspecified atom stereocenters. The number of nitrogens with one attached hydrogen (secondary N) is 1. The van der Waals surface area contributed by atoms with Crippen LogP contribution in [0.2, 0.25) is 0 Å². The number of carbonyl (C=O) groups is 1. The van der Waals surface area contributed by atoms with Crippen LogP contribution < -0.4 is 5.43 Å². The number of hydrogen-bond donors (Lipinski definition) is 1. The molecule has 0 spiro atoms. The molecule has 0 bridgehead atoms. The number of ketones is 1. The first-order valence-corrected chi connectivity index (χ1v) is 6.31. The summed E-state index contributed by atoms with van der Waals surface area (Å²) in [5.41, 5.74) is 5.34. The molecule has 94 valence electrons. The normalized spacial score (nSPS) is 17.7. The van der Waals surface area contributed by atoms with Gasteiger partial charge in [-0.1, -0.05) is 60.7 Å². The van der Waals surface area contributed by atoms with Gasteiger partial charge < -0.3 is 5.43 Å². The predicted octanol–water partition coefficient (Wildman–Crippen LogP) is 2.61. The van der Waals surface area contributed by atoms with Crippen LogP contribution in [0.15, 0.2) is 65.8 Å². The van der Waals surface area contributed by atoms with Crippen molar-refractivity contribution in [3.63, 3.8) is 0 Å². The number of benzene rings is 2. The van der Waals surface area contributed by atoms with Crippen LogP contribution >= 0.6 is 0 Å². The lowest BCUT2D eigenvalue weighted by molar-refractivity contribution is 0.106. The molecule has 3 rings (SSSR count). The fourth-order valence-electron chi connectivity index (χ4n) is 2.30. The standard InChI is InChI=1S/C16H14N2O/c19-16(13-9-5-2-6-10-13)15-14(11-17-18-15)12-7-3-1-4-8-12/h1-10,14,17H,11H2/t14-/m0/s1. The van der Waals surface area contributed by atoms with E-state index in [0.717, 1.165) is 5.56 Å². The summed E-state index contributed by atoms with van der Waals surface area (Å²) in [4.78, 5) is 12.5. The summed E-state index contributed by atoms with van der Waals surface area (Å²) < 4.78 is 0. The van der Waals surface area contributed by atoms with Gasteiger partial charge in [-0.3, -0.25) is 4.79 Å². The topological polar surface area (TPSA) is 41.5 Å². The molecule has 0 saturated carbocycles. The van der Waals surface area contributed by atoms with Gasteiger partial charge in [0.2, 0.25) is 5.78 Å². The molecule has 0 saturated heterocycles. The Hall–Kier alpha value is -2.42. The third-order valence-electron chi connectivity index (χ3n) is 3.30. The molecule has 1 aliphatic heterocycles. The first-order chi connectivity index (χ1) is 9.36. The zero-order valence-corrected chi connectivity index (χ0v) is 10.4. The van der Waals surface area contributed by atoms with Crippen molar-refractivity contribution in [2.75, 3.05) is 6.54 Å². The molecule has 0 aliphatic carbocycles. The van der Waals surface area contributed by atoms with Crippen molar-refractivity contribution in [1.82, 2.24) is 5.43 Å². The van der Waals surface area contributed by atoms with Gasteiger partial charge >= 0.3 is 0 Å². The largest absolute Gasteiger partial charge is 0.309 e. The summed E-state index contributed by atoms with van der Waals surface area (Å²) in [5.74, 6) is 0.0355. The lowest BCUT2D eigenvalue weighted by Crippen LogP contribution is -2.21. The molecule has 1 aliphatic rings. The van der Waals surface area contributed by atoms with Crippen molar-refractivity contribution in [3.05, 3.63) is 71.8 Å². The molecule has 0 radical (unpaired) electrons. The third-order valence-corrected chi connectivity index (χ3v) is 3.30. The second-order valence-electron chi connectivity index (χ2n) is 4.52. The minimum atomic E-state index is -0.000506. The van der Waals surface area contributed by atoms with Gasteiger partial charge in [0.25, 0.3) is 0 Å². The van der Waals surface area contributed by atoms with Crippen molar-refractivity contribution in [1.29, 1.82) is 0 Å². The molecular weight excluding hydrogens is 236 g/mol. The van der Waals surface area contributed by atoms with Crippen LogP contribution in [-0.4, -0.2) is 18.0 Å². The molecule has 0 fully saturated rings. The molecule has 0 amide bonds. The van der Waals surface area contributed by atoms with E-state index >= 15 is 0 Å². The van der Waals surface area contributed by atoms with Gasteiger partial charge in [-0.2, -0.15) is 5.10 Å². The quantitative estimate of drug-likeness (QED) is 0.851. The molecule has 2 aromatic carbocycles. The van der Waals surface area contributed by atoms with Crippen LogP contribution in [0.3, 0.4) is 0 Å². The summed E-state index contributed by atoms with van der Waals surface area (Å²) in [7, 11) is 0. The maximum atomic E-state index is 12.5. The molecule has 2 aromatic rings. The Bertz CT molecular complexity index is 605. The van der Waals surface area contributed by atoms with E-state index in [0.29, 0.717) is 17.8 Å². The minimum Gasteiger partial charge on any atom is -0.309 e. The van der Waals surface area contributed by atoms with Crippen LogP contribution in [0.25, 0.3) is 0 Å². The Balaban J connectivity index is 1.90. The maximum absolute atomic E-state index is 12.5. The summed E-state index contributed by atoms with van der Waals surface area (Å²) in [6.07, 6.45) is 0. The van der Waals surface area contributed by atoms with Gasteiger partial charge in [0, 0.05) is 12.1 Å². The van der Waals surface area contributed by atoms with E-state index in [9.17, 15) is 4.79 Å². The molecule has 1 atom stereocenters. The number of Topliss-reactive ketones (excluding diaryl/α,β-unsaturated/α-hetero) is 1. The number of hydrogen-bond acceptors (Lipinski definition) is 3. The first kappa shape index (κ1) is 11.7. The van der Waals surface area contributed by atoms with Crippen LogP contribution in [0.5, 0.6) is 0 Å².